The summed E-state index contributed by atoms with van der Waals surface area (Å²) < 4.78 is 167. The molecule has 0 spiro atoms. The van der Waals surface area contributed by atoms with Crippen LogP contribution >= 0.6 is 0 Å². The van der Waals surface area contributed by atoms with Crippen molar-refractivity contribution in [1.82, 2.24) is 0 Å². The topological polar surface area (TPSA) is 167 Å². The number of nitrogens with zero attached hydrogens (tertiary/aromatic N) is 7. The smallest absolute Gasteiger partial charge is 0.192 e. The van der Waals surface area contributed by atoms with Gasteiger partial charge in [-0.3, -0.25) is 0 Å². The Hall–Kier alpha value is -7.01. The van der Waals surface area contributed by atoms with Gasteiger partial charge in [0.2, 0.25) is 0 Å². The largest absolute Gasteiger partial charge is 0.418 e. The summed E-state index contributed by atoms with van der Waals surface area (Å²) in [5.74, 6) is 0. The minimum atomic E-state index is -5.69. The van der Waals surface area contributed by atoms with Crippen LogP contribution < -0.4 is 10.4 Å². The van der Waals surface area contributed by atoms with Gasteiger partial charge in [-0.1, -0.05) is 0 Å². The zero-order valence-corrected chi connectivity index (χ0v) is 23.6. The second kappa shape index (κ2) is 12.9. The Labute approximate surface area is 270 Å². The second-order valence-corrected chi connectivity index (χ2v) is 9.51. The molecule has 3 aromatic carbocycles. The van der Waals surface area contributed by atoms with E-state index in [1.807, 2.05) is 0 Å². The van der Waals surface area contributed by atoms with Crippen LogP contribution in [-0.4, -0.2) is 0 Å². The summed E-state index contributed by atoms with van der Waals surface area (Å²) in [5.41, 5.74) is -21.9. The molecule has 0 aliphatic heterocycles. The number of hydrogen-bond donors (Lipinski definition) is 0. The SMILES string of the molecule is N#C/C(c1cc(C(F)(F)F)cc(C#N)c1C(F)(F)F)=c1\cc(C#N)/c(=C(\C#N)c2cc(C(F)(F)F)cc(C#N)c2C(F)(F)F)c(C#N)c1C#N. The van der Waals surface area contributed by atoms with Gasteiger partial charge in [-0.15, -0.1) is 0 Å². The van der Waals surface area contributed by atoms with E-state index in [1.165, 1.54) is 18.2 Å². The van der Waals surface area contributed by atoms with Crippen molar-refractivity contribution >= 4 is 11.1 Å². The lowest BCUT2D eigenvalue weighted by molar-refractivity contribution is -0.141. The number of hydrogen-bond acceptors (Lipinski definition) is 7. The normalized spacial score (nSPS) is 12.9. The molecule has 0 atom stereocenters. The van der Waals surface area contributed by atoms with Crippen molar-refractivity contribution in [3.05, 3.63) is 102 Å². The highest BCUT2D eigenvalue weighted by Gasteiger charge is 2.43. The second-order valence-electron chi connectivity index (χ2n) is 9.51. The van der Waals surface area contributed by atoms with Crippen LogP contribution in [0.5, 0.6) is 0 Å². The molecule has 3 rings (SSSR count). The summed E-state index contributed by atoms with van der Waals surface area (Å²) in [6.07, 6.45) is -22.3. The van der Waals surface area contributed by atoms with Crippen LogP contribution in [-0.2, 0) is 24.7 Å². The van der Waals surface area contributed by atoms with Crippen LogP contribution in [0.15, 0.2) is 30.3 Å². The number of halogens is 12. The maximum atomic E-state index is 14.2. The number of rotatable bonds is 2. The van der Waals surface area contributed by atoms with E-state index in [-0.39, 0.29) is 30.3 Å². The van der Waals surface area contributed by atoms with E-state index in [9.17, 15) is 89.5 Å². The van der Waals surface area contributed by atoms with E-state index >= 15 is 0 Å². The van der Waals surface area contributed by atoms with Crippen LogP contribution in [0.1, 0.15) is 61.2 Å². The van der Waals surface area contributed by atoms with Crippen molar-refractivity contribution in [2.45, 2.75) is 24.7 Å². The minimum absolute atomic E-state index is 0.200. The van der Waals surface area contributed by atoms with E-state index in [4.69, 9.17) is 0 Å². The highest BCUT2D eigenvalue weighted by atomic mass is 19.4. The Kier molecular flexibility index (Phi) is 9.65. The van der Waals surface area contributed by atoms with Crippen molar-refractivity contribution in [2.75, 3.05) is 0 Å². The third-order valence-corrected chi connectivity index (χ3v) is 6.69. The quantitative estimate of drug-likeness (QED) is 0.272. The molecule has 0 aliphatic carbocycles. The zero-order chi connectivity index (χ0) is 38.1. The van der Waals surface area contributed by atoms with E-state index in [0.29, 0.717) is 0 Å². The van der Waals surface area contributed by atoms with E-state index in [2.05, 4.69) is 0 Å². The Morgan fingerprint density at radius 1 is 0.420 bits per heavy atom. The van der Waals surface area contributed by atoms with Crippen molar-refractivity contribution in [2.24, 2.45) is 0 Å². The number of alkyl halides is 12. The fourth-order valence-corrected chi connectivity index (χ4v) is 4.77. The summed E-state index contributed by atoms with van der Waals surface area (Å²) in [6.45, 7) is 0. The molecule has 0 fully saturated rings. The summed E-state index contributed by atoms with van der Waals surface area (Å²) in [7, 11) is 0. The van der Waals surface area contributed by atoms with E-state index < -0.39 is 107 Å². The molecular formula is C31H5F12N7. The molecule has 0 aliphatic rings. The first-order valence-corrected chi connectivity index (χ1v) is 12.5. The summed E-state index contributed by atoms with van der Waals surface area (Å²) in [5, 5.41) is 65.6. The predicted octanol–water partition coefficient (Wildman–Crippen LogP) is 6.57. The molecular weight excluding hydrogens is 698 g/mol. The maximum absolute atomic E-state index is 14.2. The Morgan fingerprint density at radius 3 is 1.10 bits per heavy atom. The molecule has 3 aromatic rings. The fraction of sp³-hybridized carbons (Fsp3) is 0.129. The van der Waals surface area contributed by atoms with Gasteiger partial charge in [-0.05, 0) is 30.3 Å². The van der Waals surface area contributed by atoms with Crippen LogP contribution in [0.4, 0.5) is 52.7 Å². The van der Waals surface area contributed by atoms with Crippen LogP contribution in [0.2, 0.25) is 0 Å². The molecule has 0 amide bonds. The van der Waals surface area contributed by atoms with Crippen molar-refractivity contribution in [3.8, 4) is 42.5 Å². The van der Waals surface area contributed by atoms with Crippen LogP contribution in [0, 0.1) is 79.3 Å². The monoisotopic (exact) mass is 703 g/mol. The molecule has 248 valence electrons. The molecule has 0 aromatic heterocycles. The van der Waals surface area contributed by atoms with Crippen molar-refractivity contribution < 1.29 is 52.7 Å². The predicted molar refractivity (Wildman–Crippen MR) is 138 cm³/mol. The summed E-state index contributed by atoms with van der Waals surface area (Å²) in [4.78, 5) is 0. The van der Waals surface area contributed by atoms with Gasteiger partial charge in [-0.2, -0.15) is 89.5 Å². The lowest BCUT2D eigenvalue weighted by Gasteiger charge is -2.18. The molecule has 0 heterocycles. The first kappa shape index (κ1) is 37.4. The maximum Gasteiger partial charge on any atom is 0.418 e. The van der Waals surface area contributed by atoms with Crippen molar-refractivity contribution in [1.29, 1.82) is 36.8 Å². The van der Waals surface area contributed by atoms with Crippen LogP contribution in [0.3, 0.4) is 0 Å². The van der Waals surface area contributed by atoms with Gasteiger partial charge >= 0.3 is 24.7 Å². The lowest BCUT2D eigenvalue weighted by Crippen LogP contribution is -2.28. The molecule has 19 heteroatoms. The standard InChI is InChI=1S/C31H5F12N7/c32-28(33,34)16-1-14(7-45)26(30(38,39)40)19(4-16)21(9-47)18-3-13(6-44)25(24(12-50)22(18)10-48)23(11-49)20-5-17(29(35,36)37)2-15(8-46)27(20)31(41,42)43/h1-5H/b21-18-,25-23-. The van der Waals surface area contributed by atoms with Gasteiger partial charge < -0.3 is 0 Å². The van der Waals surface area contributed by atoms with Gasteiger partial charge in [0.15, 0.2) is 0 Å². The summed E-state index contributed by atoms with van der Waals surface area (Å²) in [6, 6.07) is 6.97. The number of nitriles is 7. The van der Waals surface area contributed by atoms with Gasteiger partial charge in [0.25, 0.3) is 0 Å². The van der Waals surface area contributed by atoms with Gasteiger partial charge in [-0.25, -0.2) is 0 Å². The average Bonchev–Trinajstić information content (AvgIpc) is 3.02. The molecule has 0 saturated carbocycles. The fourth-order valence-electron chi connectivity index (χ4n) is 4.77. The first-order chi connectivity index (χ1) is 23.0. The minimum Gasteiger partial charge on any atom is -0.192 e. The Balaban J connectivity index is 2.88. The van der Waals surface area contributed by atoms with Crippen molar-refractivity contribution in [3.63, 3.8) is 0 Å². The zero-order valence-electron chi connectivity index (χ0n) is 23.6. The molecule has 0 saturated heterocycles. The first-order valence-electron chi connectivity index (χ1n) is 12.5. The molecule has 50 heavy (non-hydrogen) atoms. The highest BCUT2D eigenvalue weighted by molar-refractivity contribution is 5.85. The lowest BCUT2D eigenvalue weighted by atomic mass is 9.86. The Bertz CT molecular complexity index is 2400. The molecule has 0 N–H and O–H groups in total. The third kappa shape index (κ3) is 6.69. The third-order valence-electron chi connectivity index (χ3n) is 6.69. The molecule has 0 unspecified atom stereocenters. The van der Waals surface area contributed by atoms with Crippen LogP contribution in [0.25, 0.3) is 11.1 Å². The highest BCUT2D eigenvalue weighted by Crippen LogP contribution is 2.42. The average molecular weight is 703 g/mol. The molecule has 0 radical (unpaired) electrons. The number of benzene rings is 3. The van der Waals surface area contributed by atoms with E-state index in [0.717, 1.165) is 24.3 Å². The van der Waals surface area contributed by atoms with Gasteiger partial charge in [0.1, 0.15) is 24.3 Å². The van der Waals surface area contributed by atoms with Gasteiger partial charge in [0.05, 0.1) is 79.4 Å². The molecule has 0 bridgehead atoms. The molecule has 7 nitrogen and oxygen atoms in total. The summed E-state index contributed by atoms with van der Waals surface area (Å²) >= 11 is 0. The Morgan fingerprint density at radius 2 is 0.800 bits per heavy atom. The van der Waals surface area contributed by atoms with E-state index in [1.54, 1.807) is 0 Å². The van der Waals surface area contributed by atoms with Gasteiger partial charge in [0, 0.05) is 21.6 Å².